The molecule has 2 aromatic heterocycles. The van der Waals surface area contributed by atoms with E-state index in [1.807, 2.05) is 38.1 Å². The van der Waals surface area contributed by atoms with Crippen LogP contribution >= 0.6 is 11.3 Å². The topological polar surface area (TPSA) is 62.2 Å². The molecule has 1 unspecified atom stereocenters. The van der Waals surface area contributed by atoms with Crippen LogP contribution in [0, 0.1) is 18.8 Å². The first kappa shape index (κ1) is 15.2. The van der Waals surface area contributed by atoms with E-state index in [4.69, 9.17) is 5.11 Å². The molecule has 108 valence electrons. The number of aromatic nitrogens is 1. The Kier molecular flexibility index (Phi) is 5.09. The van der Waals surface area contributed by atoms with E-state index in [1.54, 1.807) is 6.20 Å². The fourth-order valence-corrected chi connectivity index (χ4v) is 2.76. The Bertz CT molecular complexity index is 683. The molecule has 1 atom stereocenters. The van der Waals surface area contributed by atoms with Gasteiger partial charge in [0.15, 0.2) is 0 Å². The van der Waals surface area contributed by atoms with Gasteiger partial charge in [0.05, 0.1) is 21.5 Å². The number of amides is 1. The Morgan fingerprint density at radius 3 is 3.00 bits per heavy atom. The van der Waals surface area contributed by atoms with E-state index >= 15 is 0 Å². The standard InChI is InChI=1S/C16H16N2O2S/c1-11-10-15(21-14(11)7-5-9-19)16(20)18-12(2)13-6-3-4-8-17-13/h3-4,6,8,10,12,19H,9H2,1-2H3,(H,18,20). The molecule has 0 fully saturated rings. The molecule has 0 saturated carbocycles. The predicted molar refractivity (Wildman–Crippen MR) is 83.1 cm³/mol. The summed E-state index contributed by atoms with van der Waals surface area (Å²) in [5.74, 6) is 5.31. The Labute approximate surface area is 127 Å². The van der Waals surface area contributed by atoms with Gasteiger partial charge in [0.2, 0.25) is 0 Å². The molecule has 2 rings (SSSR count). The number of carbonyl (C=O) groups is 1. The van der Waals surface area contributed by atoms with Crippen LogP contribution in [0.15, 0.2) is 30.5 Å². The lowest BCUT2D eigenvalue weighted by molar-refractivity contribution is 0.0943. The molecule has 0 spiro atoms. The normalized spacial score (nSPS) is 11.4. The molecule has 2 heterocycles. The van der Waals surface area contributed by atoms with Crippen molar-refractivity contribution in [2.45, 2.75) is 19.9 Å². The quantitative estimate of drug-likeness (QED) is 0.855. The number of carbonyl (C=O) groups excluding carboxylic acids is 1. The molecule has 0 aliphatic carbocycles. The molecule has 4 nitrogen and oxygen atoms in total. The highest BCUT2D eigenvalue weighted by atomic mass is 32.1. The van der Waals surface area contributed by atoms with Gasteiger partial charge in [-0.3, -0.25) is 9.78 Å². The van der Waals surface area contributed by atoms with Crippen molar-refractivity contribution in [2.24, 2.45) is 0 Å². The molecule has 0 bridgehead atoms. The summed E-state index contributed by atoms with van der Waals surface area (Å²) in [6, 6.07) is 7.26. The van der Waals surface area contributed by atoms with E-state index in [1.165, 1.54) is 11.3 Å². The van der Waals surface area contributed by atoms with Gasteiger partial charge in [-0.05, 0) is 37.6 Å². The van der Waals surface area contributed by atoms with Crippen molar-refractivity contribution in [1.29, 1.82) is 0 Å². The highest BCUT2D eigenvalue weighted by Crippen LogP contribution is 2.21. The van der Waals surface area contributed by atoms with Gasteiger partial charge in [-0.2, -0.15) is 0 Å². The number of thiophene rings is 1. The van der Waals surface area contributed by atoms with Crippen molar-refractivity contribution in [3.05, 3.63) is 51.5 Å². The molecule has 0 aromatic carbocycles. The van der Waals surface area contributed by atoms with Crippen molar-refractivity contribution < 1.29 is 9.90 Å². The van der Waals surface area contributed by atoms with Gasteiger partial charge >= 0.3 is 0 Å². The monoisotopic (exact) mass is 300 g/mol. The Morgan fingerprint density at radius 2 is 2.33 bits per heavy atom. The smallest absolute Gasteiger partial charge is 0.261 e. The van der Waals surface area contributed by atoms with E-state index in [9.17, 15) is 4.79 Å². The summed E-state index contributed by atoms with van der Waals surface area (Å²) in [6.07, 6.45) is 1.70. The van der Waals surface area contributed by atoms with Crippen LogP contribution in [0.2, 0.25) is 0 Å². The first-order chi connectivity index (χ1) is 10.1. The number of aliphatic hydroxyl groups excluding tert-OH is 1. The van der Waals surface area contributed by atoms with E-state index in [2.05, 4.69) is 22.1 Å². The largest absolute Gasteiger partial charge is 0.384 e. The molecule has 2 aromatic rings. The predicted octanol–water partition coefficient (Wildman–Crippen LogP) is 2.29. The van der Waals surface area contributed by atoms with Crippen LogP contribution in [0.25, 0.3) is 0 Å². The Hall–Kier alpha value is -2.16. The lowest BCUT2D eigenvalue weighted by Gasteiger charge is -2.12. The van der Waals surface area contributed by atoms with Crippen molar-refractivity contribution in [3.63, 3.8) is 0 Å². The van der Waals surface area contributed by atoms with Gasteiger partial charge in [-0.25, -0.2) is 0 Å². The Morgan fingerprint density at radius 1 is 1.52 bits per heavy atom. The maximum Gasteiger partial charge on any atom is 0.261 e. The summed E-state index contributed by atoms with van der Waals surface area (Å²) in [6.45, 7) is 3.61. The zero-order valence-corrected chi connectivity index (χ0v) is 12.7. The first-order valence-corrected chi connectivity index (χ1v) is 7.35. The third-order valence-corrected chi connectivity index (χ3v) is 4.05. The molecule has 0 saturated heterocycles. The van der Waals surface area contributed by atoms with Gasteiger partial charge in [0, 0.05) is 6.20 Å². The number of nitrogens with one attached hydrogen (secondary N) is 1. The second-order valence-electron chi connectivity index (χ2n) is 4.53. The number of aryl methyl sites for hydroxylation is 1. The molecule has 0 aliphatic heterocycles. The van der Waals surface area contributed by atoms with Crippen LogP contribution in [-0.2, 0) is 0 Å². The summed E-state index contributed by atoms with van der Waals surface area (Å²) < 4.78 is 0. The number of hydrogen-bond donors (Lipinski definition) is 2. The summed E-state index contributed by atoms with van der Waals surface area (Å²) in [5, 5.41) is 11.6. The summed E-state index contributed by atoms with van der Waals surface area (Å²) >= 11 is 1.33. The molecule has 2 N–H and O–H groups in total. The molecular weight excluding hydrogens is 284 g/mol. The van der Waals surface area contributed by atoms with E-state index in [0.717, 1.165) is 16.1 Å². The molecular formula is C16H16N2O2S. The third kappa shape index (κ3) is 3.91. The molecule has 0 radical (unpaired) electrons. The molecule has 5 heteroatoms. The fourth-order valence-electron chi connectivity index (χ4n) is 1.81. The van der Waals surface area contributed by atoms with Crippen LogP contribution in [0.4, 0.5) is 0 Å². The van der Waals surface area contributed by atoms with Gasteiger partial charge in [0.25, 0.3) is 5.91 Å². The van der Waals surface area contributed by atoms with Crippen LogP contribution in [-0.4, -0.2) is 22.6 Å². The summed E-state index contributed by atoms with van der Waals surface area (Å²) in [4.78, 5) is 17.9. The van der Waals surface area contributed by atoms with Gasteiger partial charge in [-0.15, -0.1) is 11.3 Å². The van der Waals surface area contributed by atoms with Crippen molar-refractivity contribution in [2.75, 3.05) is 6.61 Å². The van der Waals surface area contributed by atoms with Crippen molar-refractivity contribution in [3.8, 4) is 11.8 Å². The number of rotatable bonds is 3. The van der Waals surface area contributed by atoms with Gasteiger partial charge in [0.1, 0.15) is 6.61 Å². The molecule has 1 amide bonds. The van der Waals surface area contributed by atoms with E-state index in [0.29, 0.717) is 4.88 Å². The maximum absolute atomic E-state index is 12.2. The summed E-state index contributed by atoms with van der Waals surface area (Å²) in [7, 11) is 0. The van der Waals surface area contributed by atoms with Crippen LogP contribution in [0.5, 0.6) is 0 Å². The van der Waals surface area contributed by atoms with Crippen LogP contribution < -0.4 is 5.32 Å². The minimum atomic E-state index is -0.185. The van der Waals surface area contributed by atoms with Crippen molar-refractivity contribution in [1.82, 2.24) is 10.3 Å². The minimum absolute atomic E-state index is 0.140. The second kappa shape index (κ2) is 7.02. The second-order valence-corrected chi connectivity index (χ2v) is 5.58. The highest BCUT2D eigenvalue weighted by molar-refractivity contribution is 7.14. The van der Waals surface area contributed by atoms with Crippen LogP contribution in [0.1, 0.15) is 38.8 Å². The molecule has 0 aliphatic rings. The van der Waals surface area contributed by atoms with Gasteiger partial charge < -0.3 is 10.4 Å². The summed E-state index contributed by atoms with van der Waals surface area (Å²) in [5.41, 5.74) is 1.76. The van der Waals surface area contributed by atoms with E-state index in [-0.39, 0.29) is 18.6 Å². The third-order valence-electron chi connectivity index (χ3n) is 2.90. The number of pyridine rings is 1. The lowest BCUT2D eigenvalue weighted by atomic mass is 10.2. The van der Waals surface area contributed by atoms with Gasteiger partial charge in [-0.1, -0.05) is 17.9 Å². The highest BCUT2D eigenvalue weighted by Gasteiger charge is 2.15. The molecule has 21 heavy (non-hydrogen) atoms. The minimum Gasteiger partial charge on any atom is -0.384 e. The number of nitrogens with zero attached hydrogens (tertiary/aromatic N) is 1. The average molecular weight is 300 g/mol. The van der Waals surface area contributed by atoms with Crippen molar-refractivity contribution >= 4 is 17.2 Å². The zero-order chi connectivity index (χ0) is 15.2. The average Bonchev–Trinajstić information content (AvgIpc) is 2.87. The Balaban J connectivity index is 2.10. The lowest BCUT2D eigenvalue weighted by Crippen LogP contribution is -2.26. The van der Waals surface area contributed by atoms with Crippen LogP contribution in [0.3, 0.4) is 0 Å². The zero-order valence-electron chi connectivity index (χ0n) is 11.9. The maximum atomic E-state index is 12.2. The fraction of sp³-hybridized carbons (Fsp3) is 0.250. The SMILES string of the molecule is Cc1cc(C(=O)NC(C)c2ccccn2)sc1C#CCO. The number of hydrogen-bond acceptors (Lipinski definition) is 4. The first-order valence-electron chi connectivity index (χ1n) is 6.53. The number of aliphatic hydroxyl groups is 1. The van der Waals surface area contributed by atoms with E-state index < -0.39 is 0 Å².